The lowest BCUT2D eigenvalue weighted by Crippen LogP contribution is -2.02. The van der Waals surface area contributed by atoms with E-state index in [9.17, 15) is 5.11 Å². The molecule has 2 aromatic carbocycles. The highest BCUT2D eigenvalue weighted by Gasteiger charge is 2.04. The monoisotopic (exact) mass is 309 g/mol. The van der Waals surface area contributed by atoms with E-state index >= 15 is 0 Å². The van der Waals surface area contributed by atoms with Gasteiger partial charge in [-0.2, -0.15) is 5.10 Å². The van der Waals surface area contributed by atoms with Crippen molar-refractivity contribution in [1.29, 1.82) is 0 Å². The molecular weight excluding hydrogens is 290 g/mol. The lowest BCUT2D eigenvalue weighted by molar-refractivity contribution is 0.274. The number of hydrogen-bond acceptors (Lipinski definition) is 4. The molecule has 0 aliphatic rings. The predicted octanol–water partition coefficient (Wildman–Crippen LogP) is 2.99. The molecule has 0 amide bonds. The van der Waals surface area contributed by atoms with E-state index < -0.39 is 0 Å². The Morgan fingerprint density at radius 3 is 2.83 bits per heavy atom. The third-order valence-corrected chi connectivity index (χ3v) is 3.63. The van der Waals surface area contributed by atoms with E-state index in [-0.39, 0.29) is 6.61 Å². The number of benzene rings is 2. The fourth-order valence-corrected chi connectivity index (χ4v) is 2.45. The summed E-state index contributed by atoms with van der Waals surface area (Å²) in [7, 11) is 1.60. The lowest BCUT2D eigenvalue weighted by atomic mass is 10.1. The number of anilines is 1. The van der Waals surface area contributed by atoms with Crippen molar-refractivity contribution in [2.75, 3.05) is 12.4 Å². The zero-order valence-electron chi connectivity index (χ0n) is 12.9. The zero-order chi connectivity index (χ0) is 16.1. The Hall–Kier alpha value is -2.79. The summed E-state index contributed by atoms with van der Waals surface area (Å²) >= 11 is 0. The normalized spacial score (nSPS) is 10.5. The molecule has 0 saturated carbocycles. The van der Waals surface area contributed by atoms with Crippen LogP contribution >= 0.6 is 0 Å². The van der Waals surface area contributed by atoms with Gasteiger partial charge in [-0.25, -0.2) is 4.68 Å². The van der Waals surface area contributed by atoms with E-state index in [4.69, 9.17) is 4.74 Å². The van der Waals surface area contributed by atoms with Crippen molar-refractivity contribution < 1.29 is 9.84 Å². The zero-order valence-corrected chi connectivity index (χ0v) is 12.9. The van der Waals surface area contributed by atoms with Gasteiger partial charge in [0.2, 0.25) is 0 Å². The van der Waals surface area contributed by atoms with Gasteiger partial charge in [-0.15, -0.1) is 0 Å². The van der Waals surface area contributed by atoms with Crippen LogP contribution in [0.4, 0.5) is 5.69 Å². The Morgan fingerprint density at radius 1 is 1.17 bits per heavy atom. The smallest absolute Gasteiger partial charge is 0.124 e. The number of hydrogen-bond donors (Lipinski definition) is 2. The quantitative estimate of drug-likeness (QED) is 0.735. The van der Waals surface area contributed by atoms with E-state index in [1.807, 2.05) is 47.3 Å². The first-order chi connectivity index (χ1) is 11.3. The number of aliphatic hydroxyl groups excluding tert-OH is 1. The van der Waals surface area contributed by atoms with Crippen LogP contribution in [0.15, 0.2) is 60.9 Å². The second-order valence-corrected chi connectivity index (χ2v) is 5.16. The molecule has 0 spiro atoms. The third-order valence-electron chi connectivity index (χ3n) is 3.63. The SMILES string of the molecule is COc1ccc(NCc2cccc(-n3cccn3)c2)cc1CO. The van der Waals surface area contributed by atoms with Gasteiger partial charge in [0.1, 0.15) is 5.75 Å². The van der Waals surface area contributed by atoms with Crippen LogP contribution in [-0.2, 0) is 13.2 Å². The molecule has 1 aromatic heterocycles. The summed E-state index contributed by atoms with van der Waals surface area (Å²) in [6.07, 6.45) is 3.68. The lowest BCUT2D eigenvalue weighted by Gasteiger charge is -2.11. The highest BCUT2D eigenvalue weighted by atomic mass is 16.5. The van der Waals surface area contributed by atoms with Crippen LogP contribution in [0.2, 0.25) is 0 Å². The van der Waals surface area contributed by atoms with E-state index in [0.717, 1.165) is 22.5 Å². The fraction of sp³-hybridized carbons (Fsp3) is 0.167. The van der Waals surface area contributed by atoms with Crippen LogP contribution < -0.4 is 10.1 Å². The van der Waals surface area contributed by atoms with Gasteiger partial charge in [0.15, 0.2) is 0 Å². The van der Waals surface area contributed by atoms with Crippen molar-refractivity contribution in [3.05, 3.63) is 72.1 Å². The molecule has 0 radical (unpaired) electrons. The number of nitrogens with one attached hydrogen (secondary N) is 1. The van der Waals surface area contributed by atoms with Gasteiger partial charge in [-0.3, -0.25) is 0 Å². The van der Waals surface area contributed by atoms with Crippen LogP contribution in [-0.4, -0.2) is 22.0 Å². The van der Waals surface area contributed by atoms with Crippen LogP contribution in [0.5, 0.6) is 5.75 Å². The summed E-state index contributed by atoms with van der Waals surface area (Å²) in [4.78, 5) is 0. The van der Waals surface area contributed by atoms with Crippen molar-refractivity contribution in [3.8, 4) is 11.4 Å². The van der Waals surface area contributed by atoms with E-state index in [0.29, 0.717) is 12.3 Å². The Morgan fingerprint density at radius 2 is 2.09 bits per heavy atom. The molecule has 0 aliphatic carbocycles. The highest BCUT2D eigenvalue weighted by Crippen LogP contribution is 2.23. The van der Waals surface area contributed by atoms with Crippen molar-refractivity contribution in [2.45, 2.75) is 13.2 Å². The van der Waals surface area contributed by atoms with Crippen LogP contribution in [0.3, 0.4) is 0 Å². The van der Waals surface area contributed by atoms with Crippen molar-refractivity contribution in [3.63, 3.8) is 0 Å². The summed E-state index contributed by atoms with van der Waals surface area (Å²) in [6.45, 7) is 0.639. The Bertz CT molecular complexity index is 770. The van der Waals surface area contributed by atoms with Gasteiger partial charge in [0, 0.05) is 30.2 Å². The minimum absolute atomic E-state index is 0.0481. The first-order valence-corrected chi connectivity index (χ1v) is 7.41. The fourth-order valence-electron chi connectivity index (χ4n) is 2.45. The predicted molar refractivity (Wildman–Crippen MR) is 89.8 cm³/mol. The molecular formula is C18H19N3O2. The molecule has 3 rings (SSSR count). The summed E-state index contributed by atoms with van der Waals surface area (Å²) in [5.41, 5.74) is 3.89. The summed E-state index contributed by atoms with van der Waals surface area (Å²) in [5.74, 6) is 0.693. The molecule has 2 N–H and O–H groups in total. The molecule has 0 fully saturated rings. The minimum atomic E-state index is -0.0481. The highest BCUT2D eigenvalue weighted by molar-refractivity contribution is 5.51. The third kappa shape index (κ3) is 3.52. The number of methoxy groups -OCH3 is 1. The molecule has 0 atom stereocenters. The number of aliphatic hydroxyl groups is 1. The van der Waals surface area contributed by atoms with Crippen LogP contribution in [0.25, 0.3) is 5.69 Å². The van der Waals surface area contributed by atoms with Gasteiger partial charge in [-0.05, 0) is 42.0 Å². The molecule has 0 aliphatic heterocycles. The number of rotatable bonds is 6. The summed E-state index contributed by atoms with van der Waals surface area (Å²) < 4.78 is 7.05. The molecule has 0 saturated heterocycles. The molecule has 1 heterocycles. The molecule has 0 unspecified atom stereocenters. The van der Waals surface area contributed by atoms with Gasteiger partial charge in [0.25, 0.3) is 0 Å². The van der Waals surface area contributed by atoms with E-state index in [1.165, 1.54) is 0 Å². The average Bonchev–Trinajstić information content (AvgIpc) is 3.14. The molecule has 3 aromatic rings. The van der Waals surface area contributed by atoms with Gasteiger partial charge >= 0.3 is 0 Å². The van der Waals surface area contributed by atoms with Gasteiger partial charge in [0.05, 0.1) is 19.4 Å². The second-order valence-electron chi connectivity index (χ2n) is 5.16. The van der Waals surface area contributed by atoms with Crippen molar-refractivity contribution >= 4 is 5.69 Å². The first kappa shape index (κ1) is 15.1. The molecule has 118 valence electrons. The molecule has 0 bridgehead atoms. The largest absolute Gasteiger partial charge is 0.496 e. The first-order valence-electron chi connectivity index (χ1n) is 7.41. The summed E-state index contributed by atoms with van der Waals surface area (Å²) in [5, 5.41) is 17.0. The number of ether oxygens (including phenoxy) is 1. The maximum absolute atomic E-state index is 9.38. The average molecular weight is 309 g/mol. The van der Waals surface area contributed by atoms with Gasteiger partial charge in [-0.1, -0.05) is 12.1 Å². The number of nitrogens with zero attached hydrogens (tertiary/aromatic N) is 2. The van der Waals surface area contributed by atoms with Crippen molar-refractivity contribution in [2.24, 2.45) is 0 Å². The minimum Gasteiger partial charge on any atom is -0.496 e. The molecule has 5 nitrogen and oxygen atoms in total. The maximum atomic E-state index is 9.38. The van der Waals surface area contributed by atoms with Crippen molar-refractivity contribution in [1.82, 2.24) is 9.78 Å². The maximum Gasteiger partial charge on any atom is 0.124 e. The number of aromatic nitrogens is 2. The van der Waals surface area contributed by atoms with Gasteiger partial charge < -0.3 is 15.2 Å². The molecule has 5 heteroatoms. The standard InChI is InChI=1S/C18H19N3O2/c1-23-18-7-6-16(11-15(18)13-22)19-12-14-4-2-5-17(10-14)21-9-3-8-20-21/h2-11,19,22H,12-13H2,1H3. The Labute approximate surface area is 135 Å². The van der Waals surface area contributed by atoms with Crippen LogP contribution in [0, 0.1) is 0 Å². The van der Waals surface area contributed by atoms with E-state index in [1.54, 1.807) is 13.3 Å². The van der Waals surface area contributed by atoms with Crippen LogP contribution in [0.1, 0.15) is 11.1 Å². The topological polar surface area (TPSA) is 59.3 Å². The molecule has 23 heavy (non-hydrogen) atoms. The van der Waals surface area contributed by atoms with E-state index in [2.05, 4.69) is 22.5 Å². The Kier molecular flexibility index (Phi) is 4.59. The Balaban J connectivity index is 1.72. The second kappa shape index (κ2) is 6.98. The summed E-state index contributed by atoms with van der Waals surface area (Å²) in [6, 6.07) is 15.8.